The Morgan fingerprint density at radius 2 is 1.71 bits per heavy atom. The van der Waals surface area contributed by atoms with Crippen LogP contribution in [0.1, 0.15) is 51.3 Å². The molecule has 152 valence electrons. The molecule has 0 heterocycles. The van der Waals surface area contributed by atoms with Gasteiger partial charge in [0.1, 0.15) is 5.75 Å². The summed E-state index contributed by atoms with van der Waals surface area (Å²) in [6.45, 7) is 10.9. The van der Waals surface area contributed by atoms with Gasteiger partial charge in [-0.15, -0.1) is 0 Å². The van der Waals surface area contributed by atoms with Crippen molar-refractivity contribution in [3.63, 3.8) is 0 Å². The van der Waals surface area contributed by atoms with Gasteiger partial charge in [0.25, 0.3) is 5.91 Å². The van der Waals surface area contributed by atoms with Crippen LogP contribution in [-0.2, 0) is 4.79 Å². The highest BCUT2D eigenvalue weighted by atomic mass is 16.5. The van der Waals surface area contributed by atoms with Crippen LogP contribution in [0.3, 0.4) is 0 Å². The fourth-order valence-corrected chi connectivity index (χ4v) is 2.90. The quantitative estimate of drug-likeness (QED) is 0.637. The first-order valence-corrected chi connectivity index (χ1v) is 9.91. The fraction of sp³-hybridized carbons (Fsp3) is 0.435. The molecule has 2 rings (SSSR count). The van der Waals surface area contributed by atoms with Crippen LogP contribution in [0.25, 0.3) is 0 Å². The van der Waals surface area contributed by atoms with Gasteiger partial charge in [0.15, 0.2) is 17.6 Å². The Morgan fingerprint density at radius 3 is 2.36 bits per heavy atom. The molecule has 0 aliphatic rings. The van der Waals surface area contributed by atoms with Gasteiger partial charge < -0.3 is 19.5 Å². The van der Waals surface area contributed by atoms with E-state index in [0.717, 1.165) is 11.1 Å². The zero-order chi connectivity index (χ0) is 20.5. The van der Waals surface area contributed by atoms with Crippen molar-refractivity contribution in [2.24, 2.45) is 0 Å². The molecular weight excluding hydrogens is 354 g/mol. The molecule has 0 aromatic heterocycles. The number of carbonyl (C=O) groups is 1. The summed E-state index contributed by atoms with van der Waals surface area (Å²) in [4.78, 5) is 12.7. The standard InChI is InChI=1S/C23H31NO4/c1-6-20(28-19-11-9-10-16(4)14-19)23(25)24-17(5)18-12-13-21(26-7-2)22(15-18)27-8-3/h9-15,17,20H,6-8H2,1-5H3,(H,24,25)/t17-,20-/m0/s1. The van der Waals surface area contributed by atoms with Crippen LogP contribution in [0.4, 0.5) is 0 Å². The number of ether oxygens (including phenoxy) is 3. The first kappa shape index (κ1) is 21.6. The maximum Gasteiger partial charge on any atom is 0.261 e. The van der Waals surface area contributed by atoms with Gasteiger partial charge in [-0.1, -0.05) is 25.1 Å². The number of aryl methyl sites for hydroxylation is 1. The molecule has 0 bridgehead atoms. The lowest BCUT2D eigenvalue weighted by Crippen LogP contribution is -2.39. The monoisotopic (exact) mass is 385 g/mol. The maximum atomic E-state index is 12.7. The van der Waals surface area contributed by atoms with Crippen LogP contribution in [0.5, 0.6) is 17.2 Å². The third-order valence-corrected chi connectivity index (χ3v) is 4.36. The number of hydrogen-bond acceptors (Lipinski definition) is 4. The number of amides is 1. The summed E-state index contributed by atoms with van der Waals surface area (Å²) in [5, 5.41) is 3.04. The second-order valence-electron chi connectivity index (χ2n) is 6.63. The smallest absolute Gasteiger partial charge is 0.261 e. The molecule has 1 N–H and O–H groups in total. The Kier molecular flexibility index (Phi) is 8.18. The molecule has 0 saturated carbocycles. The second kappa shape index (κ2) is 10.6. The summed E-state index contributed by atoms with van der Waals surface area (Å²) in [5.41, 5.74) is 2.05. The minimum absolute atomic E-state index is 0.136. The van der Waals surface area contributed by atoms with Crippen LogP contribution in [-0.4, -0.2) is 25.2 Å². The van der Waals surface area contributed by atoms with Gasteiger partial charge in [-0.05, 0) is 69.5 Å². The molecule has 0 aliphatic carbocycles. The zero-order valence-corrected chi connectivity index (χ0v) is 17.5. The summed E-state index contributed by atoms with van der Waals surface area (Å²) in [6, 6.07) is 13.3. The third-order valence-electron chi connectivity index (χ3n) is 4.36. The largest absolute Gasteiger partial charge is 0.490 e. The Balaban J connectivity index is 2.08. The molecule has 0 aliphatic heterocycles. The van der Waals surface area contributed by atoms with E-state index in [2.05, 4.69) is 5.32 Å². The van der Waals surface area contributed by atoms with Gasteiger partial charge in [0, 0.05) is 0 Å². The summed E-state index contributed by atoms with van der Waals surface area (Å²) in [5.74, 6) is 1.96. The van der Waals surface area contributed by atoms with Crippen molar-refractivity contribution in [1.29, 1.82) is 0 Å². The third kappa shape index (κ3) is 5.91. The Labute approximate surface area is 168 Å². The van der Waals surface area contributed by atoms with Gasteiger partial charge in [0.05, 0.1) is 19.3 Å². The summed E-state index contributed by atoms with van der Waals surface area (Å²) < 4.78 is 17.2. The van der Waals surface area contributed by atoms with Gasteiger partial charge in [-0.3, -0.25) is 4.79 Å². The minimum atomic E-state index is -0.543. The van der Waals surface area contributed by atoms with Crippen LogP contribution in [0.2, 0.25) is 0 Å². The average molecular weight is 386 g/mol. The van der Waals surface area contributed by atoms with Crippen molar-refractivity contribution in [1.82, 2.24) is 5.32 Å². The predicted molar refractivity (Wildman–Crippen MR) is 111 cm³/mol. The molecule has 0 unspecified atom stereocenters. The van der Waals surface area contributed by atoms with Crippen molar-refractivity contribution in [2.45, 2.75) is 53.2 Å². The highest BCUT2D eigenvalue weighted by molar-refractivity contribution is 5.81. The molecule has 28 heavy (non-hydrogen) atoms. The van der Waals surface area contributed by atoms with Crippen LogP contribution >= 0.6 is 0 Å². The Morgan fingerprint density at radius 1 is 1.00 bits per heavy atom. The van der Waals surface area contributed by atoms with Crippen molar-refractivity contribution in [3.8, 4) is 17.2 Å². The molecule has 0 saturated heterocycles. The molecule has 2 aromatic carbocycles. The van der Waals surface area contributed by atoms with Crippen LogP contribution in [0, 0.1) is 6.92 Å². The molecule has 5 nitrogen and oxygen atoms in total. The second-order valence-corrected chi connectivity index (χ2v) is 6.63. The van der Waals surface area contributed by atoms with E-state index in [1.54, 1.807) is 0 Å². The van der Waals surface area contributed by atoms with E-state index >= 15 is 0 Å². The van der Waals surface area contributed by atoms with E-state index in [1.807, 2.05) is 77.1 Å². The lowest BCUT2D eigenvalue weighted by atomic mass is 10.1. The van der Waals surface area contributed by atoms with Crippen molar-refractivity contribution >= 4 is 5.91 Å². The number of nitrogens with one attached hydrogen (secondary N) is 1. The summed E-state index contributed by atoms with van der Waals surface area (Å²) >= 11 is 0. The molecule has 2 aromatic rings. The van der Waals surface area contributed by atoms with Crippen LogP contribution < -0.4 is 19.5 Å². The van der Waals surface area contributed by atoms with Gasteiger partial charge in [-0.25, -0.2) is 0 Å². The highest BCUT2D eigenvalue weighted by Gasteiger charge is 2.21. The van der Waals surface area contributed by atoms with Crippen molar-refractivity contribution in [2.75, 3.05) is 13.2 Å². The topological polar surface area (TPSA) is 56.8 Å². The SMILES string of the molecule is CCOc1ccc([C@H](C)NC(=O)[C@H](CC)Oc2cccc(C)c2)cc1OCC. The van der Waals surface area contributed by atoms with Gasteiger partial charge in [-0.2, -0.15) is 0 Å². The summed E-state index contributed by atoms with van der Waals surface area (Å²) in [6.07, 6.45) is 0.0401. The van der Waals surface area contributed by atoms with E-state index in [0.29, 0.717) is 36.9 Å². The molecule has 0 spiro atoms. The lowest BCUT2D eigenvalue weighted by molar-refractivity contribution is -0.128. The number of benzene rings is 2. The van der Waals surface area contributed by atoms with Gasteiger partial charge >= 0.3 is 0 Å². The van der Waals surface area contributed by atoms with E-state index in [-0.39, 0.29) is 11.9 Å². The first-order valence-electron chi connectivity index (χ1n) is 9.91. The number of hydrogen-bond donors (Lipinski definition) is 1. The number of carbonyl (C=O) groups excluding carboxylic acids is 1. The molecular formula is C23H31NO4. The Bertz CT molecular complexity index is 775. The molecule has 5 heteroatoms. The minimum Gasteiger partial charge on any atom is -0.490 e. The molecule has 0 radical (unpaired) electrons. The maximum absolute atomic E-state index is 12.7. The van der Waals surface area contributed by atoms with E-state index in [9.17, 15) is 4.79 Å². The van der Waals surface area contributed by atoms with Crippen molar-refractivity contribution < 1.29 is 19.0 Å². The molecule has 1 amide bonds. The highest BCUT2D eigenvalue weighted by Crippen LogP contribution is 2.30. The van der Waals surface area contributed by atoms with Crippen LogP contribution in [0.15, 0.2) is 42.5 Å². The fourth-order valence-electron chi connectivity index (χ4n) is 2.90. The van der Waals surface area contributed by atoms with Gasteiger partial charge in [0.2, 0.25) is 0 Å². The lowest BCUT2D eigenvalue weighted by Gasteiger charge is -2.22. The normalized spacial score (nSPS) is 12.8. The number of rotatable bonds is 10. The Hall–Kier alpha value is -2.69. The zero-order valence-electron chi connectivity index (χ0n) is 17.5. The van der Waals surface area contributed by atoms with E-state index in [4.69, 9.17) is 14.2 Å². The van der Waals surface area contributed by atoms with E-state index < -0.39 is 6.10 Å². The predicted octanol–water partition coefficient (Wildman–Crippen LogP) is 4.83. The molecule has 2 atom stereocenters. The molecule has 0 fully saturated rings. The van der Waals surface area contributed by atoms with Crippen molar-refractivity contribution in [3.05, 3.63) is 53.6 Å². The summed E-state index contributed by atoms with van der Waals surface area (Å²) in [7, 11) is 0. The first-order chi connectivity index (χ1) is 13.5. The average Bonchev–Trinajstić information content (AvgIpc) is 2.67. The van der Waals surface area contributed by atoms with E-state index in [1.165, 1.54) is 0 Å².